The summed E-state index contributed by atoms with van der Waals surface area (Å²) in [6.07, 6.45) is -0.473. The minimum Gasteiger partial charge on any atom is -0.459 e. The van der Waals surface area contributed by atoms with Gasteiger partial charge < -0.3 is 14.4 Å². The molecule has 2 saturated heterocycles. The van der Waals surface area contributed by atoms with Crippen molar-refractivity contribution < 1.29 is 19.1 Å². The van der Waals surface area contributed by atoms with Gasteiger partial charge in [0, 0.05) is 0 Å². The number of hydrogen-bond acceptors (Lipinski definition) is 4. The summed E-state index contributed by atoms with van der Waals surface area (Å²) in [6.45, 7) is 0.551. The monoisotopic (exact) mass is 247 g/mol. The van der Waals surface area contributed by atoms with Crippen LogP contribution in [0.15, 0.2) is 30.3 Å². The first-order valence-electron chi connectivity index (χ1n) is 5.89. The minimum atomic E-state index is -0.634. The summed E-state index contributed by atoms with van der Waals surface area (Å²) in [5.74, 6) is -0.362. The van der Waals surface area contributed by atoms with E-state index >= 15 is 0 Å². The highest BCUT2D eigenvalue weighted by molar-refractivity contribution is 5.85. The van der Waals surface area contributed by atoms with Gasteiger partial charge in [0.15, 0.2) is 6.10 Å². The predicted octanol–water partition coefficient (Wildman–Crippen LogP) is 0.687. The molecule has 2 atom stereocenters. The molecule has 2 fully saturated rings. The Balaban J connectivity index is 1.52. The van der Waals surface area contributed by atoms with Gasteiger partial charge in [-0.3, -0.25) is 4.79 Å². The van der Waals surface area contributed by atoms with Crippen molar-refractivity contribution in [3.05, 3.63) is 35.9 Å². The number of esters is 1. The quantitative estimate of drug-likeness (QED) is 0.582. The van der Waals surface area contributed by atoms with Crippen LogP contribution in [-0.2, 0) is 25.7 Å². The van der Waals surface area contributed by atoms with Crippen LogP contribution in [0, 0.1) is 0 Å². The molecule has 0 N–H and O–H groups in total. The van der Waals surface area contributed by atoms with Gasteiger partial charge in [0.1, 0.15) is 12.8 Å². The molecular formula is C13H13NO4. The Morgan fingerprint density at radius 1 is 1.39 bits per heavy atom. The van der Waals surface area contributed by atoms with E-state index in [2.05, 4.69) is 0 Å². The lowest BCUT2D eigenvalue weighted by atomic mass is 10.2. The van der Waals surface area contributed by atoms with Crippen LogP contribution in [0.5, 0.6) is 0 Å². The molecule has 0 radical (unpaired) electrons. The Bertz CT molecular complexity index is 473. The second-order valence-electron chi connectivity index (χ2n) is 4.42. The number of amides is 1. The third-order valence-electron chi connectivity index (χ3n) is 3.19. The van der Waals surface area contributed by atoms with Crippen LogP contribution >= 0.6 is 0 Å². The molecule has 0 aliphatic carbocycles. The van der Waals surface area contributed by atoms with Gasteiger partial charge in [0.25, 0.3) is 0 Å². The van der Waals surface area contributed by atoms with E-state index in [9.17, 15) is 9.59 Å². The Kier molecular flexibility index (Phi) is 2.76. The average Bonchev–Trinajstić information content (AvgIpc) is 2.74. The highest BCUT2D eigenvalue weighted by Gasteiger charge is 2.48. The highest BCUT2D eigenvalue weighted by Crippen LogP contribution is 2.29. The standard InChI is InChI=1S/C13H13NO4/c15-11-6-12-14(11)7-10(18-12)13(16)17-8-9-4-2-1-3-5-9/h1-5,10,12H,6-8H2/t10-,12+/m1/s1. The first kappa shape index (κ1) is 11.2. The Morgan fingerprint density at radius 3 is 2.83 bits per heavy atom. The molecular weight excluding hydrogens is 234 g/mol. The van der Waals surface area contributed by atoms with Gasteiger partial charge in [-0.25, -0.2) is 4.79 Å². The molecule has 0 saturated carbocycles. The summed E-state index contributed by atoms with van der Waals surface area (Å²) >= 11 is 0. The summed E-state index contributed by atoms with van der Waals surface area (Å²) in [5.41, 5.74) is 0.934. The average molecular weight is 247 g/mol. The topological polar surface area (TPSA) is 55.8 Å². The van der Waals surface area contributed by atoms with Gasteiger partial charge in [-0.15, -0.1) is 0 Å². The minimum absolute atomic E-state index is 0.0401. The van der Waals surface area contributed by atoms with Crippen molar-refractivity contribution in [3.63, 3.8) is 0 Å². The van der Waals surface area contributed by atoms with Crippen molar-refractivity contribution in [2.75, 3.05) is 6.54 Å². The van der Waals surface area contributed by atoms with Crippen molar-refractivity contribution >= 4 is 11.9 Å². The molecule has 5 heteroatoms. The molecule has 1 amide bonds. The van der Waals surface area contributed by atoms with E-state index in [1.807, 2.05) is 30.3 Å². The van der Waals surface area contributed by atoms with Crippen LogP contribution in [0.1, 0.15) is 12.0 Å². The second-order valence-corrected chi connectivity index (χ2v) is 4.42. The smallest absolute Gasteiger partial charge is 0.337 e. The summed E-state index contributed by atoms with van der Waals surface area (Å²) in [5, 5.41) is 0. The van der Waals surface area contributed by atoms with Crippen LogP contribution in [0.25, 0.3) is 0 Å². The van der Waals surface area contributed by atoms with Gasteiger partial charge in [-0.05, 0) is 5.56 Å². The molecule has 0 bridgehead atoms. The molecule has 18 heavy (non-hydrogen) atoms. The van der Waals surface area contributed by atoms with Gasteiger partial charge in [-0.2, -0.15) is 0 Å². The highest BCUT2D eigenvalue weighted by atomic mass is 16.6. The molecule has 0 aromatic heterocycles. The molecule has 1 aromatic rings. The van der Waals surface area contributed by atoms with Crippen LogP contribution in [-0.4, -0.2) is 35.7 Å². The maximum atomic E-state index is 11.8. The number of fused-ring (bicyclic) bond motifs is 1. The van der Waals surface area contributed by atoms with Gasteiger partial charge in [0.05, 0.1) is 13.0 Å². The number of carbonyl (C=O) groups excluding carboxylic acids is 2. The number of carbonyl (C=O) groups is 2. The lowest BCUT2D eigenvalue weighted by molar-refractivity contribution is -0.166. The largest absolute Gasteiger partial charge is 0.459 e. The molecule has 5 nitrogen and oxygen atoms in total. The molecule has 2 aliphatic heterocycles. The third kappa shape index (κ3) is 1.97. The maximum Gasteiger partial charge on any atom is 0.337 e. The van der Waals surface area contributed by atoms with Crippen molar-refractivity contribution in [1.29, 1.82) is 0 Å². The second kappa shape index (κ2) is 4.42. The number of hydrogen-bond donors (Lipinski definition) is 0. The molecule has 0 unspecified atom stereocenters. The van der Waals surface area contributed by atoms with E-state index in [0.29, 0.717) is 13.0 Å². The van der Waals surface area contributed by atoms with Crippen LogP contribution in [0.2, 0.25) is 0 Å². The molecule has 3 rings (SSSR count). The van der Waals surface area contributed by atoms with Crippen LogP contribution < -0.4 is 0 Å². The van der Waals surface area contributed by atoms with E-state index in [4.69, 9.17) is 9.47 Å². The summed E-state index contributed by atoms with van der Waals surface area (Å²) in [7, 11) is 0. The van der Waals surface area contributed by atoms with E-state index in [0.717, 1.165) is 5.56 Å². The predicted molar refractivity (Wildman–Crippen MR) is 61.2 cm³/mol. The summed E-state index contributed by atoms with van der Waals surface area (Å²) in [6, 6.07) is 9.46. The zero-order valence-corrected chi connectivity index (χ0v) is 9.74. The molecule has 1 aromatic carbocycles. The lowest BCUT2D eigenvalue weighted by Crippen LogP contribution is -2.48. The summed E-state index contributed by atoms with van der Waals surface area (Å²) < 4.78 is 10.6. The fraction of sp³-hybridized carbons (Fsp3) is 0.385. The number of β-lactam (4-membered cyclic amide) rings is 1. The molecule has 2 heterocycles. The first-order valence-corrected chi connectivity index (χ1v) is 5.89. The lowest BCUT2D eigenvalue weighted by Gasteiger charge is -2.31. The summed E-state index contributed by atoms with van der Waals surface area (Å²) in [4.78, 5) is 24.5. The number of benzene rings is 1. The van der Waals surface area contributed by atoms with Crippen LogP contribution in [0.4, 0.5) is 0 Å². The Hall–Kier alpha value is -1.88. The van der Waals surface area contributed by atoms with Gasteiger partial charge in [-0.1, -0.05) is 30.3 Å². The molecule has 2 aliphatic rings. The zero-order valence-electron chi connectivity index (χ0n) is 9.74. The number of nitrogens with zero attached hydrogens (tertiary/aromatic N) is 1. The van der Waals surface area contributed by atoms with Crippen molar-refractivity contribution in [2.45, 2.75) is 25.4 Å². The van der Waals surface area contributed by atoms with Crippen LogP contribution in [0.3, 0.4) is 0 Å². The van der Waals surface area contributed by atoms with E-state index < -0.39 is 12.1 Å². The number of ether oxygens (including phenoxy) is 2. The van der Waals surface area contributed by atoms with Gasteiger partial charge in [0.2, 0.25) is 5.91 Å². The zero-order chi connectivity index (χ0) is 12.5. The van der Waals surface area contributed by atoms with Crippen molar-refractivity contribution in [2.24, 2.45) is 0 Å². The van der Waals surface area contributed by atoms with E-state index in [1.165, 1.54) is 0 Å². The van der Waals surface area contributed by atoms with E-state index in [-0.39, 0.29) is 18.7 Å². The molecule has 0 spiro atoms. The SMILES string of the molecule is O=C(OCc1ccccc1)[C@H]1CN2C(=O)C[C@@H]2O1. The van der Waals surface area contributed by atoms with Crippen molar-refractivity contribution in [1.82, 2.24) is 4.90 Å². The fourth-order valence-electron chi connectivity index (χ4n) is 2.13. The fourth-order valence-corrected chi connectivity index (χ4v) is 2.13. The van der Waals surface area contributed by atoms with Crippen molar-refractivity contribution in [3.8, 4) is 0 Å². The third-order valence-corrected chi connectivity index (χ3v) is 3.19. The normalized spacial score (nSPS) is 25.6. The Morgan fingerprint density at radius 2 is 2.17 bits per heavy atom. The maximum absolute atomic E-state index is 11.8. The first-order chi connectivity index (χ1) is 8.74. The molecule has 94 valence electrons. The van der Waals surface area contributed by atoms with E-state index in [1.54, 1.807) is 4.90 Å². The Labute approximate surface area is 104 Å². The van der Waals surface area contributed by atoms with Gasteiger partial charge >= 0.3 is 5.97 Å². The number of rotatable bonds is 3.